The summed E-state index contributed by atoms with van der Waals surface area (Å²) in [7, 11) is 0. The molecule has 0 aromatic carbocycles. The molecule has 1 heterocycles. The lowest BCUT2D eigenvalue weighted by atomic mass is 10.2. The summed E-state index contributed by atoms with van der Waals surface area (Å²) in [6.07, 6.45) is -7.49. The van der Waals surface area contributed by atoms with Crippen molar-refractivity contribution in [3.63, 3.8) is 0 Å². The van der Waals surface area contributed by atoms with Gasteiger partial charge in [-0.2, -0.15) is 13.2 Å². The second kappa shape index (κ2) is 3.67. The summed E-state index contributed by atoms with van der Waals surface area (Å²) in [5.41, 5.74) is 0. The second-order valence-electron chi connectivity index (χ2n) is 3.14. The maximum atomic E-state index is 12.7. The van der Waals surface area contributed by atoms with Gasteiger partial charge in [0.05, 0.1) is 6.54 Å². The Hall–Kier alpha value is -1.34. The van der Waals surface area contributed by atoms with Crippen LogP contribution in [0.15, 0.2) is 0 Å². The minimum absolute atomic E-state index is 0.00694. The molecule has 0 unspecified atom stereocenters. The number of halogens is 4. The molecule has 1 rings (SSSR count). The van der Waals surface area contributed by atoms with Crippen LogP contribution in [-0.4, -0.2) is 46.8 Å². The SMILES string of the molecule is O=C(O)[C@H]1C[C@@H](F)CN1C(=O)C(F)(F)F. The Balaban J connectivity index is 2.85. The number of carbonyl (C=O) groups excluding carboxylic acids is 1. The maximum Gasteiger partial charge on any atom is 0.471 e. The van der Waals surface area contributed by atoms with Crippen LogP contribution in [0.1, 0.15) is 6.42 Å². The zero-order chi connectivity index (χ0) is 11.8. The van der Waals surface area contributed by atoms with Crippen LogP contribution >= 0.6 is 0 Å². The molecule has 1 N–H and O–H groups in total. The van der Waals surface area contributed by atoms with Gasteiger partial charge in [-0.15, -0.1) is 0 Å². The van der Waals surface area contributed by atoms with Crippen molar-refractivity contribution in [1.82, 2.24) is 4.90 Å². The summed E-state index contributed by atoms with van der Waals surface area (Å²) in [5.74, 6) is -3.94. The molecule has 0 aromatic heterocycles. The number of alkyl halides is 4. The first kappa shape index (κ1) is 11.7. The Morgan fingerprint density at radius 1 is 1.33 bits per heavy atom. The Morgan fingerprint density at radius 2 is 1.87 bits per heavy atom. The van der Waals surface area contributed by atoms with Crippen molar-refractivity contribution in [2.24, 2.45) is 0 Å². The number of hydrogen-bond acceptors (Lipinski definition) is 2. The summed E-state index contributed by atoms with van der Waals surface area (Å²) in [4.78, 5) is 21.2. The molecular formula is C7H7F4NO3. The van der Waals surface area contributed by atoms with E-state index in [0.717, 1.165) is 0 Å². The molecule has 8 heteroatoms. The largest absolute Gasteiger partial charge is 0.480 e. The third kappa shape index (κ3) is 2.37. The first-order valence-electron chi connectivity index (χ1n) is 3.98. The highest BCUT2D eigenvalue weighted by molar-refractivity contribution is 5.87. The molecule has 2 atom stereocenters. The highest BCUT2D eigenvalue weighted by Gasteiger charge is 2.50. The van der Waals surface area contributed by atoms with E-state index in [2.05, 4.69) is 0 Å². The maximum absolute atomic E-state index is 12.7. The molecule has 0 bridgehead atoms. The Kier molecular flexibility index (Phi) is 2.87. The Bertz CT molecular complexity index is 290. The standard InChI is InChI=1S/C7H7F4NO3/c8-3-1-4(5(13)14)12(2-3)6(15)7(9,10)11/h3-4H,1-2H2,(H,13,14)/t3-,4-/m1/s1. The topological polar surface area (TPSA) is 57.6 Å². The van der Waals surface area contributed by atoms with Crippen LogP contribution in [-0.2, 0) is 9.59 Å². The van der Waals surface area contributed by atoms with E-state index in [0.29, 0.717) is 0 Å². The zero-order valence-electron chi connectivity index (χ0n) is 7.29. The molecule has 0 aromatic rings. The average molecular weight is 229 g/mol. The lowest BCUT2D eigenvalue weighted by Crippen LogP contribution is -2.46. The lowest BCUT2D eigenvalue weighted by Gasteiger charge is -2.21. The molecule has 4 nitrogen and oxygen atoms in total. The predicted molar refractivity (Wildman–Crippen MR) is 38.7 cm³/mol. The summed E-state index contributed by atoms with van der Waals surface area (Å²) in [6, 6.07) is -1.73. The van der Waals surface area contributed by atoms with Gasteiger partial charge in [0.2, 0.25) is 0 Å². The van der Waals surface area contributed by atoms with Crippen molar-refractivity contribution in [2.45, 2.75) is 24.8 Å². The number of carbonyl (C=O) groups is 2. The van der Waals surface area contributed by atoms with Crippen molar-refractivity contribution >= 4 is 11.9 Å². The molecule has 1 aliphatic rings. The normalized spacial score (nSPS) is 26.8. The minimum Gasteiger partial charge on any atom is -0.480 e. The van der Waals surface area contributed by atoms with Gasteiger partial charge in [-0.3, -0.25) is 4.79 Å². The molecule has 0 spiro atoms. The third-order valence-electron chi connectivity index (χ3n) is 2.04. The highest BCUT2D eigenvalue weighted by Crippen LogP contribution is 2.27. The summed E-state index contributed by atoms with van der Waals surface area (Å²) >= 11 is 0. The average Bonchev–Trinajstić information content (AvgIpc) is 2.44. The van der Waals surface area contributed by atoms with Crippen LogP contribution in [0.25, 0.3) is 0 Å². The number of carboxylic acids is 1. The highest BCUT2D eigenvalue weighted by atomic mass is 19.4. The van der Waals surface area contributed by atoms with Gasteiger partial charge in [0, 0.05) is 6.42 Å². The van der Waals surface area contributed by atoms with E-state index in [1.807, 2.05) is 0 Å². The second-order valence-corrected chi connectivity index (χ2v) is 3.14. The van der Waals surface area contributed by atoms with Crippen molar-refractivity contribution in [1.29, 1.82) is 0 Å². The molecule has 1 amide bonds. The molecule has 1 fully saturated rings. The van der Waals surface area contributed by atoms with Crippen molar-refractivity contribution in [3.05, 3.63) is 0 Å². The van der Waals surface area contributed by atoms with E-state index in [1.54, 1.807) is 0 Å². The molecular weight excluding hydrogens is 222 g/mol. The number of rotatable bonds is 1. The van der Waals surface area contributed by atoms with Gasteiger partial charge in [0.25, 0.3) is 0 Å². The van der Waals surface area contributed by atoms with E-state index in [1.165, 1.54) is 0 Å². The van der Waals surface area contributed by atoms with Crippen LogP contribution in [0.2, 0.25) is 0 Å². The summed E-state index contributed by atoms with van der Waals surface area (Å²) < 4.78 is 48.6. The van der Waals surface area contributed by atoms with Crippen LogP contribution < -0.4 is 0 Å². The van der Waals surface area contributed by atoms with Gasteiger partial charge >= 0.3 is 18.1 Å². The van der Waals surface area contributed by atoms with E-state index in [4.69, 9.17) is 5.11 Å². The van der Waals surface area contributed by atoms with Crippen molar-refractivity contribution in [2.75, 3.05) is 6.54 Å². The summed E-state index contributed by atoms with van der Waals surface area (Å²) in [6.45, 7) is -0.824. The van der Waals surface area contributed by atoms with Gasteiger partial charge in [0.1, 0.15) is 12.2 Å². The lowest BCUT2D eigenvalue weighted by molar-refractivity contribution is -0.188. The van der Waals surface area contributed by atoms with E-state index in [-0.39, 0.29) is 4.90 Å². The van der Waals surface area contributed by atoms with E-state index in [9.17, 15) is 27.2 Å². The van der Waals surface area contributed by atoms with Crippen molar-refractivity contribution in [3.8, 4) is 0 Å². The number of aliphatic carboxylic acids is 1. The van der Waals surface area contributed by atoms with Crippen molar-refractivity contribution < 1.29 is 32.3 Å². The third-order valence-corrected chi connectivity index (χ3v) is 2.04. The van der Waals surface area contributed by atoms with Crippen LogP contribution in [0.4, 0.5) is 17.6 Å². The number of likely N-dealkylation sites (tertiary alicyclic amines) is 1. The minimum atomic E-state index is -5.17. The molecule has 86 valence electrons. The molecule has 1 saturated heterocycles. The van der Waals surface area contributed by atoms with Crippen LogP contribution in [0.5, 0.6) is 0 Å². The molecule has 0 aliphatic carbocycles. The quantitative estimate of drug-likeness (QED) is 0.669. The number of carboxylic acid groups (broad SMARTS) is 1. The first-order valence-corrected chi connectivity index (χ1v) is 3.98. The van der Waals surface area contributed by atoms with Gasteiger partial charge in [-0.1, -0.05) is 0 Å². The fraction of sp³-hybridized carbons (Fsp3) is 0.714. The monoisotopic (exact) mass is 229 g/mol. The molecule has 15 heavy (non-hydrogen) atoms. The summed E-state index contributed by atoms with van der Waals surface area (Å²) in [5, 5.41) is 8.49. The Labute approximate surface area is 81.5 Å². The van der Waals surface area contributed by atoms with Gasteiger partial charge in [0.15, 0.2) is 0 Å². The number of nitrogens with zero attached hydrogens (tertiary/aromatic N) is 1. The molecule has 1 aliphatic heterocycles. The first-order chi connectivity index (χ1) is 6.73. The fourth-order valence-electron chi connectivity index (χ4n) is 1.41. The fourth-order valence-corrected chi connectivity index (χ4v) is 1.41. The molecule has 0 saturated carbocycles. The number of amides is 1. The van der Waals surface area contributed by atoms with E-state index >= 15 is 0 Å². The van der Waals surface area contributed by atoms with Gasteiger partial charge < -0.3 is 10.0 Å². The predicted octanol–water partition coefficient (Wildman–Crippen LogP) is 0.572. The van der Waals surface area contributed by atoms with E-state index < -0.39 is 43.2 Å². The number of hydrogen-bond donors (Lipinski definition) is 1. The Morgan fingerprint density at radius 3 is 2.27 bits per heavy atom. The van der Waals surface area contributed by atoms with Gasteiger partial charge in [-0.05, 0) is 0 Å². The van der Waals surface area contributed by atoms with Gasteiger partial charge in [-0.25, -0.2) is 9.18 Å². The molecule has 0 radical (unpaired) electrons. The smallest absolute Gasteiger partial charge is 0.471 e. The zero-order valence-corrected chi connectivity index (χ0v) is 7.29. The van der Waals surface area contributed by atoms with Crippen LogP contribution in [0.3, 0.4) is 0 Å². The van der Waals surface area contributed by atoms with Crippen LogP contribution in [0, 0.1) is 0 Å².